The van der Waals surface area contributed by atoms with Crippen LogP contribution < -0.4 is 15.2 Å². The summed E-state index contributed by atoms with van der Waals surface area (Å²) in [5.41, 5.74) is 8.94. The van der Waals surface area contributed by atoms with Gasteiger partial charge in [-0.3, -0.25) is 15.3 Å². The van der Waals surface area contributed by atoms with Crippen molar-refractivity contribution < 1.29 is 23.5 Å². The average Bonchev–Trinajstić information content (AvgIpc) is 3.53. The van der Waals surface area contributed by atoms with E-state index in [1.165, 1.54) is 12.3 Å². The Hall–Kier alpha value is -4.71. The quantitative estimate of drug-likeness (QED) is 0.268. The highest BCUT2D eigenvalue weighted by Crippen LogP contribution is 2.41. The molecule has 0 aliphatic carbocycles. The largest absolute Gasteiger partial charge is 0.486 e. The van der Waals surface area contributed by atoms with Crippen LogP contribution >= 0.6 is 0 Å². The third-order valence-electron chi connectivity index (χ3n) is 7.72. The molecular formula is C29H28FN7O4. The molecule has 0 unspecified atom stereocenters. The molecular weight excluding hydrogens is 529 g/mol. The second-order valence-electron chi connectivity index (χ2n) is 10.2. The number of Topliss-reactive ketones (excluding diaryl/α,β-unsaturated/α-hetero) is 1. The van der Waals surface area contributed by atoms with E-state index in [-0.39, 0.29) is 24.8 Å². The number of aromatic amines is 1. The van der Waals surface area contributed by atoms with Crippen LogP contribution in [0.5, 0.6) is 11.5 Å². The lowest BCUT2D eigenvalue weighted by Crippen LogP contribution is -2.52. The number of nitrogens with one attached hydrogen (secondary N) is 1. The van der Waals surface area contributed by atoms with Gasteiger partial charge in [0.25, 0.3) is 5.91 Å². The Morgan fingerprint density at radius 3 is 2.66 bits per heavy atom. The summed E-state index contributed by atoms with van der Waals surface area (Å²) in [5.74, 6) is 0.626. The van der Waals surface area contributed by atoms with Crippen LogP contribution in [0.2, 0.25) is 0 Å². The van der Waals surface area contributed by atoms with E-state index in [9.17, 15) is 14.0 Å². The Morgan fingerprint density at radius 2 is 1.98 bits per heavy atom. The maximum absolute atomic E-state index is 13.7. The number of carbonyl (C=O) groups is 2. The molecule has 3 N–H and O–H groups in total. The topological polar surface area (TPSA) is 149 Å². The summed E-state index contributed by atoms with van der Waals surface area (Å²) in [4.78, 5) is 32.4. The van der Waals surface area contributed by atoms with Gasteiger partial charge in [0.05, 0.1) is 12.0 Å². The van der Waals surface area contributed by atoms with E-state index >= 15 is 0 Å². The number of hydrogen-bond acceptors (Lipinski definition) is 9. The van der Waals surface area contributed by atoms with E-state index in [4.69, 9.17) is 15.2 Å². The Bertz CT molecular complexity index is 1600. The first-order valence-electron chi connectivity index (χ1n) is 13.4. The number of H-pyrrole nitrogens is 1. The van der Waals surface area contributed by atoms with E-state index in [0.29, 0.717) is 71.9 Å². The highest BCUT2D eigenvalue weighted by molar-refractivity contribution is 6.01. The fraction of sp³-hybridized carbons (Fsp3) is 0.310. The molecule has 0 saturated carbocycles. The van der Waals surface area contributed by atoms with Crippen molar-refractivity contribution in [2.24, 2.45) is 5.73 Å². The molecule has 12 heteroatoms. The zero-order valence-corrected chi connectivity index (χ0v) is 22.4. The molecule has 4 aromatic rings. The van der Waals surface area contributed by atoms with Gasteiger partial charge in [-0.05, 0) is 59.7 Å². The molecule has 41 heavy (non-hydrogen) atoms. The van der Waals surface area contributed by atoms with E-state index in [2.05, 4.69) is 25.6 Å². The number of ketones is 1. The van der Waals surface area contributed by atoms with Gasteiger partial charge in [0.15, 0.2) is 5.78 Å². The lowest BCUT2D eigenvalue weighted by Gasteiger charge is -2.44. The third kappa shape index (κ3) is 5.02. The molecule has 0 bridgehead atoms. The summed E-state index contributed by atoms with van der Waals surface area (Å²) in [5, 5.41) is 13.9. The number of amides is 1. The van der Waals surface area contributed by atoms with Crippen LogP contribution in [-0.4, -0.2) is 67.6 Å². The van der Waals surface area contributed by atoms with Gasteiger partial charge in [-0.2, -0.15) is 9.60 Å². The first kappa shape index (κ1) is 26.5. The zero-order chi connectivity index (χ0) is 28.6. The monoisotopic (exact) mass is 557 g/mol. The molecule has 1 fully saturated rings. The number of fused-ring (bicyclic) bond motifs is 1. The second kappa shape index (κ2) is 10.7. The molecule has 4 heterocycles. The number of likely N-dealkylation sites (tertiary alicyclic amines) is 1. The van der Waals surface area contributed by atoms with Crippen LogP contribution in [0.25, 0.3) is 22.5 Å². The van der Waals surface area contributed by atoms with Crippen LogP contribution in [0.4, 0.5) is 4.39 Å². The van der Waals surface area contributed by atoms with Crippen molar-refractivity contribution in [3.63, 3.8) is 0 Å². The number of carbonyl (C=O) groups excluding carboxylic acids is 2. The molecule has 210 valence electrons. The number of pyridine rings is 1. The number of benzene rings is 2. The van der Waals surface area contributed by atoms with Crippen LogP contribution in [0.15, 0.2) is 48.7 Å². The average molecular weight is 558 g/mol. The van der Waals surface area contributed by atoms with Crippen LogP contribution in [-0.2, 0) is 6.42 Å². The first-order valence-corrected chi connectivity index (χ1v) is 13.4. The van der Waals surface area contributed by atoms with Crippen molar-refractivity contribution >= 4 is 11.7 Å². The zero-order valence-electron chi connectivity index (χ0n) is 22.4. The predicted octanol–water partition coefficient (Wildman–Crippen LogP) is 3.57. The number of nitrogens with zero attached hydrogens (tertiary/aromatic N) is 5. The molecule has 0 atom stereocenters. The molecule has 11 nitrogen and oxygen atoms in total. The smallest absolute Gasteiger partial charge is 0.254 e. The van der Waals surface area contributed by atoms with Gasteiger partial charge >= 0.3 is 0 Å². The third-order valence-corrected chi connectivity index (χ3v) is 7.72. The molecule has 2 aliphatic rings. The minimum atomic E-state index is -0.670. The van der Waals surface area contributed by atoms with E-state index < -0.39 is 11.5 Å². The number of tetrazole rings is 1. The van der Waals surface area contributed by atoms with Crippen molar-refractivity contribution in [3.05, 3.63) is 71.3 Å². The SMILES string of the molecule is CCc1cc(C(=O)N2CCC3(CC2)CC(=O)c2cc(-c4nn[nH]n4)ccc2O3)cc(OCN)c1-c1ccc(F)nc1. The molecule has 1 amide bonds. The molecule has 1 saturated heterocycles. The standard InChI is InChI=1S/C29H28FN7O4/c1-2-17-11-20(13-24(40-16-31)26(17)19-4-6-25(30)32-15-19)28(39)37-9-7-29(8-10-37)14-22(38)21-12-18(3-5-23(21)41-29)27-33-35-36-34-27/h3-6,11-13,15H,2,7-10,14,16,31H2,1H3,(H,33,34,35,36). The second-order valence-corrected chi connectivity index (χ2v) is 10.2. The normalized spacial score (nSPS) is 15.9. The number of nitrogens with two attached hydrogens (primary N) is 1. The van der Waals surface area contributed by atoms with Gasteiger partial charge in [-0.25, -0.2) is 4.98 Å². The lowest BCUT2D eigenvalue weighted by atomic mass is 9.82. The summed E-state index contributed by atoms with van der Waals surface area (Å²) in [7, 11) is 0. The van der Waals surface area contributed by atoms with Crippen LogP contribution in [0, 0.1) is 5.95 Å². The highest BCUT2D eigenvalue weighted by atomic mass is 19.1. The summed E-state index contributed by atoms with van der Waals surface area (Å²) < 4.78 is 25.6. The Balaban J connectivity index is 1.21. The molecule has 2 aromatic carbocycles. The van der Waals surface area contributed by atoms with Crippen LogP contribution in [0.1, 0.15) is 52.5 Å². The van der Waals surface area contributed by atoms with Gasteiger partial charge in [0.1, 0.15) is 23.8 Å². The maximum Gasteiger partial charge on any atom is 0.254 e. The summed E-state index contributed by atoms with van der Waals surface area (Å²) in [6, 6.07) is 11.7. The van der Waals surface area contributed by atoms with Crippen molar-refractivity contribution in [3.8, 4) is 34.0 Å². The van der Waals surface area contributed by atoms with Crippen molar-refractivity contribution in [2.75, 3.05) is 19.8 Å². The fourth-order valence-corrected chi connectivity index (χ4v) is 5.63. The van der Waals surface area contributed by atoms with Crippen molar-refractivity contribution in [1.82, 2.24) is 30.5 Å². The van der Waals surface area contributed by atoms with Gasteiger partial charge < -0.3 is 14.4 Å². The lowest BCUT2D eigenvalue weighted by molar-refractivity contribution is -0.00571. The Morgan fingerprint density at radius 1 is 1.17 bits per heavy atom. The minimum Gasteiger partial charge on any atom is -0.486 e. The predicted molar refractivity (Wildman–Crippen MR) is 146 cm³/mol. The highest BCUT2D eigenvalue weighted by Gasteiger charge is 2.44. The van der Waals surface area contributed by atoms with Gasteiger partial charge in [0, 0.05) is 54.4 Å². The minimum absolute atomic E-state index is 0.0154. The summed E-state index contributed by atoms with van der Waals surface area (Å²) in [6.45, 7) is 2.75. The molecule has 2 aromatic heterocycles. The van der Waals surface area contributed by atoms with Gasteiger partial charge in [-0.15, -0.1) is 10.2 Å². The van der Waals surface area contributed by atoms with Gasteiger partial charge in [-0.1, -0.05) is 6.92 Å². The van der Waals surface area contributed by atoms with Crippen LogP contribution in [0.3, 0.4) is 0 Å². The summed E-state index contributed by atoms with van der Waals surface area (Å²) in [6.07, 6.45) is 3.31. The van der Waals surface area contributed by atoms with Crippen molar-refractivity contribution in [1.29, 1.82) is 0 Å². The number of piperidine rings is 1. The molecule has 2 aliphatic heterocycles. The fourth-order valence-electron chi connectivity index (χ4n) is 5.63. The Kier molecular flexibility index (Phi) is 6.91. The first-order chi connectivity index (χ1) is 19.9. The molecule has 0 radical (unpaired) electrons. The number of ether oxygens (including phenoxy) is 2. The molecule has 6 rings (SSSR count). The number of aryl methyl sites for hydroxylation is 1. The van der Waals surface area contributed by atoms with Crippen molar-refractivity contribution in [2.45, 2.75) is 38.2 Å². The van der Waals surface area contributed by atoms with E-state index in [1.54, 1.807) is 35.2 Å². The van der Waals surface area contributed by atoms with Gasteiger partial charge in [0.2, 0.25) is 11.8 Å². The number of rotatable bonds is 6. The maximum atomic E-state index is 13.7. The molecule has 1 spiro atoms. The number of hydrogen-bond donors (Lipinski definition) is 2. The Labute approximate surface area is 234 Å². The number of halogens is 1. The van der Waals surface area contributed by atoms with E-state index in [0.717, 1.165) is 11.1 Å². The van der Waals surface area contributed by atoms with E-state index in [1.807, 2.05) is 13.0 Å². The summed E-state index contributed by atoms with van der Waals surface area (Å²) >= 11 is 0. The number of aromatic nitrogens is 5.